The average Bonchev–Trinajstić information content (AvgIpc) is 2.99. The van der Waals surface area contributed by atoms with Crippen LogP contribution in [0, 0.1) is 0 Å². The highest BCUT2D eigenvalue weighted by atomic mass is 32.2. The lowest BCUT2D eigenvalue weighted by Crippen LogP contribution is -2.32. The largest absolute Gasteiger partial charge is 0.338 e. The Kier molecular flexibility index (Phi) is 7.48. The highest BCUT2D eigenvalue weighted by Gasteiger charge is 2.25. The van der Waals surface area contributed by atoms with Crippen molar-refractivity contribution in [3.8, 4) is 0 Å². The summed E-state index contributed by atoms with van der Waals surface area (Å²) in [5, 5.41) is 4.70. The summed E-state index contributed by atoms with van der Waals surface area (Å²) < 4.78 is 32.6. The number of unbranched alkanes of at least 4 members (excludes halogenated alkanes) is 1. The van der Waals surface area contributed by atoms with Gasteiger partial charge in [0, 0.05) is 25.7 Å². The number of pyridine rings is 1. The number of hydrogen-bond acceptors (Lipinski definition) is 7. The molecule has 9 heteroatoms. The molecule has 1 aliphatic heterocycles. The van der Waals surface area contributed by atoms with E-state index in [1.54, 1.807) is 16.4 Å². The fourth-order valence-electron chi connectivity index (χ4n) is 3.12. The zero-order chi connectivity index (χ0) is 20.0. The van der Waals surface area contributed by atoms with E-state index < -0.39 is 10.0 Å². The van der Waals surface area contributed by atoms with Gasteiger partial charge in [-0.2, -0.15) is 9.29 Å². The van der Waals surface area contributed by atoms with E-state index in [1.165, 1.54) is 18.0 Å². The topological polar surface area (TPSA) is 89.2 Å². The molecule has 0 N–H and O–H groups in total. The molecule has 1 atom stereocenters. The maximum Gasteiger partial charge on any atom is 0.244 e. The lowest BCUT2D eigenvalue weighted by molar-refractivity contribution is 0.374. The van der Waals surface area contributed by atoms with E-state index in [1.807, 2.05) is 6.92 Å². The van der Waals surface area contributed by atoms with Gasteiger partial charge in [-0.15, -0.1) is 0 Å². The maximum absolute atomic E-state index is 12.8. The van der Waals surface area contributed by atoms with Crippen molar-refractivity contribution in [2.24, 2.45) is 0 Å². The van der Waals surface area contributed by atoms with Crippen molar-refractivity contribution in [1.82, 2.24) is 19.4 Å². The van der Waals surface area contributed by atoms with Crippen molar-refractivity contribution < 1.29 is 12.9 Å². The first-order valence-electron chi connectivity index (χ1n) is 9.96. The number of rotatable bonds is 8. The first kappa shape index (κ1) is 21.3. The predicted octanol–water partition coefficient (Wildman–Crippen LogP) is 4.23. The minimum absolute atomic E-state index is 0.0524. The maximum atomic E-state index is 12.8. The highest BCUT2D eigenvalue weighted by molar-refractivity contribution is 7.99. The van der Waals surface area contributed by atoms with Crippen molar-refractivity contribution in [1.29, 1.82) is 0 Å². The molecular weight excluding hydrogens is 396 g/mol. The average molecular weight is 425 g/mol. The summed E-state index contributed by atoms with van der Waals surface area (Å²) in [4.78, 5) is 9.05. The Morgan fingerprint density at radius 2 is 1.96 bits per heavy atom. The monoisotopic (exact) mass is 424 g/mol. The van der Waals surface area contributed by atoms with Crippen LogP contribution >= 0.6 is 11.8 Å². The summed E-state index contributed by atoms with van der Waals surface area (Å²) in [6.45, 7) is 5.29. The van der Waals surface area contributed by atoms with E-state index in [-0.39, 0.29) is 10.1 Å². The summed E-state index contributed by atoms with van der Waals surface area (Å²) >= 11 is 1.48. The highest BCUT2D eigenvalue weighted by Crippen LogP contribution is 2.33. The molecular formula is C19H28N4O3S2. The third kappa shape index (κ3) is 5.33. The summed E-state index contributed by atoms with van der Waals surface area (Å²) in [5.74, 6) is 1.30. The van der Waals surface area contributed by atoms with Crippen LogP contribution in [-0.2, 0) is 16.4 Å². The van der Waals surface area contributed by atoms with Gasteiger partial charge in [-0.1, -0.05) is 43.1 Å². The second kappa shape index (κ2) is 9.84. The van der Waals surface area contributed by atoms with E-state index in [0.29, 0.717) is 19.0 Å². The summed E-state index contributed by atoms with van der Waals surface area (Å²) in [7, 11) is -3.47. The van der Waals surface area contributed by atoms with Gasteiger partial charge in [0.1, 0.15) is 4.90 Å². The molecule has 3 rings (SSSR count). The predicted molar refractivity (Wildman–Crippen MR) is 109 cm³/mol. The molecule has 0 amide bonds. The molecule has 0 saturated carbocycles. The molecule has 0 aromatic carbocycles. The van der Waals surface area contributed by atoms with Crippen LogP contribution in [0.1, 0.15) is 69.3 Å². The Bertz CT molecular complexity index is 844. The molecule has 0 bridgehead atoms. The molecule has 0 spiro atoms. The Labute approximate surface area is 171 Å². The van der Waals surface area contributed by atoms with Gasteiger partial charge in [0.15, 0.2) is 5.82 Å². The second-order valence-electron chi connectivity index (χ2n) is 7.06. The van der Waals surface area contributed by atoms with E-state index in [2.05, 4.69) is 22.0 Å². The van der Waals surface area contributed by atoms with Crippen molar-refractivity contribution in [2.75, 3.05) is 13.1 Å². The first-order chi connectivity index (χ1) is 13.5. The van der Waals surface area contributed by atoms with Gasteiger partial charge < -0.3 is 4.52 Å². The van der Waals surface area contributed by atoms with Crippen LogP contribution in [0.2, 0.25) is 0 Å². The van der Waals surface area contributed by atoms with E-state index in [0.717, 1.165) is 55.8 Å². The summed E-state index contributed by atoms with van der Waals surface area (Å²) in [5.41, 5.74) is 0. The third-order valence-electron chi connectivity index (χ3n) is 4.80. The van der Waals surface area contributed by atoms with Gasteiger partial charge in [-0.25, -0.2) is 13.4 Å². The zero-order valence-corrected chi connectivity index (χ0v) is 18.1. The smallest absolute Gasteiger partial charge is 0.244 e. The quantitative estimate of drug-likeness (QED) is 0.586. The standard InChI is InChI=1S/C19H28N4O3S2/c1-3-4-9-17-21-19(26-22-17)15(2)27-18-11-10-16(14-20-18)28(24,25)23-12-7-5-6-8-13-23/h10-11,14-15H,3-9,12-13H2,1-2H3/t15-/m0/s1. The van der Waals surface area contributed by atoms with Crippen molar-refractivity contribution in [3.63, 3.8) is 0 Å². The molecule has 0 unspecified atom stereocenters. The molecule has 2 aromatic rings. The molecule has 2 aromatic heterocycles. The normalized spacial score (nSPS) is 17.4. The number of nitrogens with zero attached hydrogens (tertiary/aromatic N) is 4. The van der Waals surface area contributed by atoms with Gasteiger partial charge >= 0.3 is 0 Å². The van der Waals surface area contributed by atoms with Gasteiger partial charge in [0.25, 0.3) is 0 Å². The SMILES string of the molecule is CCCCc1noc([C@H](C)Sc2ccc(S(=O)(=O)N3CCCCCC3)cn2)n1. The van der Waals surface area contributed by atoms with Crippen LogP contribution in [0.25, 0.3) is 0 Å². The van der Waals surface area contributed by atoms with Crippen LogP contribution in [-0.4, -0.2) is 40.9 Å². The van der Waals surface area contributed by atoms with Crippen molar-refractivity contribution in [2.45, 2.75) is 74.0 Å². The number of aromatic nitrogens is 3. The molecule has 1 saturated heterocycles. The van der Waals surface area contributed by atoms with E-state index >= 15 is 0 Å². The van der Waals surface area contributed by atoms with Gasteiger partial charge in [-0.3, -0.25) is 0 Å². The van der Waals surface area contributed by atoms with Gasteiger partial charge in [0.2, 0.25) is 15.9 Å². The van der Waals surface area contributed by atoms with E-state index in [9.17, 15) is 8.42 Å². The minimum atomic E-state index is -3.47. The lowest BCUT2D eigenvalue weighted by Gasteiger charge is -2.19. The Balaban J connectivity index is 1.64. The zero-order valence-electron chi connectivity index (χ0n) is 16.5. The summed E-state index contributed by atoms with van der Waals surface area (Å²) in [6.07, 6.45) is 8.42. The molecule has 3 heterocycles. The first-order valence-corrected chi connectivity index (χ1v) is 12.3. The van der Waals surface area contributed by atoms with Crippen LogP contribution in [0.3, 0.4) is 0 Å². The molecule has 0 radical (unpaired) electrons. The van der Waals surface area contributed by atoms with E-state index in [4.69, 9.17) is 4.52 Å². The molecule has 0 aliphatic carbocycles. The molecule has 1 aliphatic rings. The number of hydrogen-bond donors (Lipinski definition) is 0. The van der Waals surface area contributed by atoms with Crippen LogP contribution in [0.15, 0.2) is 32.8 Å². The fourth-order valence-corrected chi connectivity index (χ4v) is 5.40. The Hall–Kier alpha value is -1.45. The lowest BCUT2D eigenvalue weighted by atomic mass is 10.2. The fraction of sp³-hybridized carbons (Fsp3) is 0.632. The number of sulfonamides is 1. The molecule has 28 heavy (non-hydrogen) atoms. The van der Waals surface area contributed by atoms with Crippen LogP contribution in [0.4, 0.5) is 0 Å². The molecule has 154 valence electrons. The van der Waals surface area contributed by atoms with Gasteiger partial charge in [0.05, 0.1) is 10.3 Å². The van der Waals surface area contributed by atoms with Crippen molar-refractivity contribution >= 4 is 21.8 Å². The molecule has 7 nitrogen and oxygen atoms in total. The van der Waals surface area contributed by atoms with Crippen molar-refractivity contribution in [3.05, 3.63) is 30.0 Å². The Morgan fingerprint density at radius 3 is 2.61 bits per heavy atom. The Morgan fingerprint density at radius 1 is 1.21 bits per heavy atom. The number of thioether (sulfide) groups is 1. The third-order valence-corrected chi connectivity index (χ3v) is 7.72. The molecule has 1 fully saturated rings. The van der Waals surface area contributed by atoms with Gasteiger partial charge in [-0.05, 0) is 38.3 Å². The van der Waals surface area contributed by atoms with Crippen LogP contribution in [0.5, 0.6) is 0 Å². The summed E-state index contributed by atoms with van der Waals surface area (Å²) in [6, 6.07) is 3.39. The number of aryl methyl sites for hydroxylation is 1. The van der Waals surface area contributed by atoms with Crippen LogP contribution < -0.4 is 0 Å². The second-order valence-corrected chi connectivity index (χ2v) is 10.4. The minimum Gasteiger partial charge on any atom is -0.338 e.